The lowest BCUT2D eigenvalue weighted by molar-refractivity contribution is 0.102. The van der Waals surface area contributed by atoms with Gasteiger partial charge in [-0.1, -0.05) is 6.07 Å². The molecule has 6 nitrogen and oxygen atoms in total. The number of carbonyl (C=O) groups excluding carboxylic acids is 2. The fraction of sp³-hybridized carbons (Fsp3) is 0.353. The number of hydrogen-bond donors (Lipinski definition) is 2. The first kappa shape index (κ1) is 15.1. The Morgan fingerprint density at radius 3 is 2.96 bits per heavy atom. The number of nitrogens with zero attached hydrogens (tertiary/aromatic N) is 2. The molecule has 1 aliphatic heterocycles. The Bertz CT molecular complexity index is 799. The van der Waals surface area contributed by atoms with E-state index in [0.717, 1.165) is 24.2 Å². The Labute approximate surface area is 143 Å². The number of rotatable bonds is 4. The summed E-state index contributed by atoms with van der Waals surface area (Å²) in [7, 11) is 0. The van der Waals surface area contributed by atoms with E-state index in [2.05, 4.69) is 15.6 Å². The predicted molar refractivity (Wildman–Crippen MR) is 93.8 cm³/mol. The zero-order valence-electron chi connectivity index (χ0n) is 13.3. The number of carbonyl (C=O) groups is 2. The molecular weight excluding hydrogens is 324 g/mol. The lowest BCUT2D eigenvalue weighted by atomic mass is 10.2. The SMILES string of the molecule is CC1CNC(=O)N1c1cccc(NC(=O)c2scnc2C2CC2)c1. The van der Waals surface area contributed by atoms with Crippen LogP contribution < -0.4 is 15.5 Å². The van der Waals surface area contributed by atoms with Crippen LogP contribution in [0.5, 0.6) is 0 Å². The fourth-order valence-corrected chi connectivity index (χ4v) is 3.75. The first-order chi connectivity index (χ1) is 11.6. The van der Waals surface area contributed by atoms with Crippen molar-refractivity contribution in [1.29, 1.82) is 0 Å². The highest BCUT2D eigenvalue weighted by molar-refractivity contribution is 7.12. The van der Waals surface area contributed by atoms with E-state index in [4.69, 9.17) is 0 Å². The number of urea groups is 1. The number of amides is 3. The van der Waals surface area contributed by atoms with Crippen molar-refractivity contribution < 1.29 is 9.59 Å². The van der Waals surface area contributed by atoms with Gasteiger partial charge in [0.05, 0.1) is 17.2 Å². The third-order valence-corrected chi connectivity index (χ3v) is 5.20. The van der Waals surface area contributed by atoms with E-state index in [1.807, 2.05) is 31.2 Å². The lowest BCUT2D eigenvalue weighted by Gasteiger charge is -2.20. The summed E-state index contributed by atoms with van der Waals surface area (Å²) in [5.74, 6) is 0.313. The van der Waals surface area contributed by atoms with Crippen molar-refractivity contribution in [2.24, 2.45) is 0 Å². The molecule has 2 fully saturated rings. The Morgan fingerprint density at radius 1 is 1.42 bits per heavy atom. The molecule has 7 heteroatoms. The van der Waals surface area contributed by atoms with Gasteiger partial charge in [-0.3, -0.25) is 9.69 Å². The van der Waals surface area contributed by atoms with Crippen molar-refractivity contribution in [3.05, 3.63) is 40.3 Å². The molecule has 4 rings (SSSR count). The van der Waals surface area contributed by atoms with Gasteiger partial charge in [-0.25, -0.2) is 9.78 Å². The quantitative estimate of drug-likeness (QED) is 0.896. The number of aromatic nitrogens is 1. The molecule has 1 unspecified atom stereocenters. The second-order valence-corrected chi connectivity index (χ2v) is 7.11. The Balaban J connectivity index is 1.54. The molecule has 2 aromatic rings. The van der Waals surface area contributed by atoms with Gasteiger partial charge in [0.15, 0.2) is 0 Å². The van der Waals surface area contributed by atoms with Gasteiger partial charge in [0.2, 0.25) is 0 Å². The smallest absolute Gasteiger partial charge is 0.322 e. The summed E-state index contributed by atoms with van der Waals surface area (Å²) in [6.45, 7) is 2.61. The topological polar surface area (TPSA) is 74.3 Å². The molecule has 1 aromatic heterocycles. The minimum Gasteiger partial charge on any atom is -0.336 e. The van der Waals surface area contributed by atoms with Crippen LogP contribution in [0.2, 0.25) is 0 Å². The summed E-state index contributed by atoms with van der Waals surface area (Å²) >= 11 is 1.38. The molecule has 2 heterocycles. The van der Waals surface area contributed by atoms with Gasteiger partial charge in [-0.2, -0.15) is 0 Å². The molecule has 1 saturated carbocycles. The monoisotopic (exact) mass is 342 g/mol. The molecular formula is C17H18N4O2S. The number of nitrogens with one attached hydrogen (secondary N) is 2. The Hall–Kier alpha value is -2.41. The highest BCUT2D eigenvalue weighted by Crippen LogP contribution is 2.42. The number of hydrogen-bond acceptors (Lipinski definition) is 4. The van der Waals surface area contributed by atoms with Gasteiger partial charge >= 0.3 is 6.03 Å². The van der Waals surface area contributed by atoms with Gasteiger partial charge in [0.1, 0.15) is 4.88 Å². The van der Waals surface area contributed by atoms with Crippen molar-refractivity contribution in [3.8, 4) is 0 Å². The average molecular weight is 342 g/mol. The van der Waals surface area contributed by atoms with Crippen LogP contribution in [0.3, 0.4) is 0 Å². The third kappa shape index (κ3) is 2.75. The van der Waals surface area contributed by atoms with Crippen LogP contribution in [-0.2, 0) is 0 Å². The molecule has 24 heavy (non-hydrogen) atoms. The standard InChI is InChI=1S/C17H18N4O2S/c1-10-8-18-17(23)21(10)13-4-2-3-12(7-13)20-16(22)15-14(11-5-6-11)19-9-24-15/h2-4,7,9-11H,5-6,8H2,1H3,(H,18,23)(H,20,22). The van der Waals surface area contributed by atoms with Crippen molar-refractivity contribution in [2.75, 3.05) is 16.8 Å². The molecule has 0 radical (unpaired) electrons. The summed E-state index contributed by atoms with van der Waals surface area (Å²) in [5, 5.41) is 5.75. The number of anilines is 2. The van der Waals surface area contributed by atoms with E-state index in [1.54, 1.807) is 10.4 Å². The van der Waals surface area contributed by atoms with Crippen LogP contribution in [0.1, 0.15) is 41.0 Å². The van der Waals surface area contributed by atoms with E-state index < -0.39 is 0 Å². The maximum absolute atomic E-state index is 12.6. The van der Waals surface area contributed by atoms with Crippen LogP contribution in [0.25, 0.3) is 0 Å². The van der Waals surface area contributed by atoms with E-state index in [-0.39, 0.29) is 18.0 Å². The fourth-order valence-electron chi connectivity index (χ4n) is 2.98. The Morgan fingerprint density at radius 2 is 2.25 bits per heavy atom. The molecule has 2 N–H and O–H groups in total. The summed E-state index contributed by atoms with van der Waals surface area (Å²) < 4.78 is 0. The van der Waals surface area contributed by atoms with Gasteiger partial charge < -0.3 is 10.6 Å². The summed E-state index contributed by atoms with van der Waals surface area (Å²) in [6, 6.07) is 7.36. The largest absolute Gasteiger partial charge is 0.336 e. The summed E-state index contributed by atoms with van der Waals surface area (Å²) in [5.41, 5.74) is 4.11. The van der Waals surface area contributed by atoms with Gasteiger partial charge in [0, 0.05) is 23.8 Å². The van der Waals surface area contributed by atoms with Gasteiger partial charge in [0.25, 0.3) is 5.91 Å². The predicted octanol–water partition coefficient (Wildman–Crippen LogP) is 3.19. The molecule has 1 atom stereocenters. The molecule has 0 bridgehead atoms. The zero-order chi connectivity index (χ0) is 16.7. The molecule has 2 aliphatic rings. The average Bonchev–Trinajstić information content (AvgIpc) is 3.19. The molecule has 1 saturated heterocycles. The third-order valence-electron chi connectivity index (χ3n) is 4.36. The first-order valence-electron chi connectivity index (χ1n) is 8.05. The lowest BCUT2D eigenvalue weighted by Crippen LogP contribution is -2.32. The zero-order valence-corrected chi connectivity index (χ0v) is 14.1. The van der Waals surface area contributed by atoms with E-state index in [1.165, 1.54) is 11.3 Å². The first-order valence-corrected chi connectivity index (χ1v) is 8.93. The van der Waals surface area contributed by atoms with Crippen LogP contribution >= 0.6 is 11.3 Å². The van der Waals surface area contributed by atoms with Crippen molar-refractivity contribution in [1.82, 2.24) is 10.3 Å². The summed E-state index contributed by atoms with van der Waals surface area (Å²) in [4.78, 5) is 31.2. The van der Waals surface area contributed by atoms with Crippen molar-refractivity contribution in [2.45, 2.75) is 31.7 Å². The second kappa shape index (κ2) is 5.90. The normalized spacial score (nSPS) is 20.1. The Kier molecular flexibility index (Phi) is 3.72. The molecule has 0 spiro atoms. The van der Waals surface area contributed by atoms with Gasteiger partial charge in [-0.15, -0.1) is 11.3 Å². The minimum atomic E-state index is -0.129. The van der Waals surface area contributed by atoms with Crippen LogP contribution in [0.15, 0.2) is 29.8 Å². The molecule has 1 aromatic carbocycles. The van der Waals surface area contributed by atoms with Crippen LogP contribution in [0, 0.1) is 0 Å². The minimum absolute atomic E-state index is 0.0893. The van der Waals surface area contributed by atoms with E-state index >= 15 is 0 Å². The number of thiazole rings is 1. The van der Waals surface area contributed by atoms with Crippen LogP contribution in [-0.4, -0.2) is 29.5 Å². The molecule has 1 aliphatic carbocycles. The summed E-state index contributed by atoms with van der Waals surface area (Å²) in [6.07, 6.45) is 2.23. The second-order valence-electron chi connectivity index (χ2n) is 6.25. The highest BCUT2D eigenvalue weighted by atomic mass is 32.1. The number of benzene rings is 1. The molecule has 3 amide bonds. The van der Waals surface area contributed by atoms with E-state index in [9.17, 15) is 9.59 Å². The van der Waals surface area contributed by atoms with E-state index in [0.29, 0.717) is 23.0 Å². The van der Waals surface area contributed by atoms with Crippen molar-refractivity contribution in [3.63, 3.8) is 0 Å². The highest BCUT2D eigenvalue weighted by Gasteiger charge is 2.31. The maximum Gasteiger partial charge on any atom is 0.322 e. The van der Waals surface area contributed by atoms with Crippen molar-refractivity contribution >= 4 is 34.6 Å². The molecule has 124 valence electrons. The van der Waals surface area contributed by atoms with Gasteiger partial charge in [-0.05, 0) is 38.0 Å². The maximum atomic E-state index is 12.6. The van der Waals surface area contributed by atoms with Crippen LogP contribution in [0.4, 0.5) is 16.2 Å².